The summed E-state index contributed by atoms with van der Waals surface area (Å²) in [5.74, 6) is -2.40. The molecule has 0 aliphatic heterocycles. The molecule has 3 rings (SSSR count). The van der Waals surface area contributed by atoms with Crippen molar-refractivity contribution in [2.24, 2.45) is 0 Å². The van der Waals surface area contributed by atoms with Crippen molar-refractivity contribution in [1.82, 2.24) is 0 Å². The molecule has 0 fully saturated rings. The van der Waals surface area contributed by atoms with Gasteiger partial charge in [-0.05, 0) is 41.5 Å². The van der Waals surface area contributed by atoms with Crippen LogP contribution >= 0.6 is 0 Å². The minimum Gasteiger partial charge on any atom is -0.478 e. The minimum absolute atomic E-state index is 0.0301. The molecule has 3 aromatic rings. The minimum atomic E-state index is -4.61. The number of hydrogen-bond donors (Lipinski definition) is 4. The summed E-state index contributed by atoms with van der Waals surface area (Å²) in [6, 6.07) is 13.8. The van der Waals surface area contributed by atoms with Crippen LogP contribution in [-0.4, -0.2) is 22.2 Å². The van der Waals surface area contributed by atoms with Crippen LogP contribution in [0.3, 0.4) is 0 Å². The Labute approximate surface area is 181 Å². The van der Waals surface area contributed by atoms with Crippen LogP contribution in [0.15, 0.2) is 60.7 Å². The van der Waals surface area contributed by atoms with E-state index in [-0.39, 0.29) is 28.9 Å². The molecule has 0 radical (unpaired) electrons. The van der Waals surface area contributed by atoms with Gasteiger partial charge >= 0.3 is 18.1 Å². The standard InChI is InChI=1S/C23H19F3N2O4/c24-23(25,26)16-7-6-15(10-14-3-1-2-4-17(14)21(29)30)20(11-16)28-19-8-5-13(12-27)9-18(19)22(31)32/h1-9,11,28H,10,12,27H2,(H,29,30)(H,31,32)/p+1. The molecule has 0 amide bonds. The zero-order valence-electron chi connectivity index (χ0n) is 16.7. The van der Waals surface area contributed by atoms with Gasteiger partial charge < -0.3 is 21.3 Å². The zero-order chi connectivity index (χ0) is 23.5. The summed E-state index contributed by atoms with van der Waals surface area (Å²) in [5, 5.41) is 21.8. The third-order valence-electron chi connectivity index (χ3n) is 4.94. The molecule has 6 nitrogen and oxygen atoms in total. The largest absolute Gasteiger partial charge is 0.478 e. The number of quaternary nitrogens is 1. The third-order valence-corrected chi connectivity index (χ3v) is 4.94. The van der Waals surface area contributed by atoms with E-state index in [2.05, 4.69) is 11.1 Å². The number of carboxylic acid groups (broad SMARTS) is 2. The molecule has 0 spiro atoms. The maximum atomic E-state index is 13.3. The van der Waals surface area contributed by atoms with E-state index in [0.717, 1.165) is 12.1 Å². The molecule has 0 saturated carbocycles. The Hall–Kier alpha value is -3.85. The maximum Gasteiger partial charge on any atom is 0.416 e. The van der Waals surface area contributed by atoms with E-state index < -0.39 is 23.7 Å². The molecule has 6 N–H and O–H groups in total. The van der Waals surface area contributed by atoms with Crippen molar-refractivity contribution in [3.8, 4) is 0 Å². The van der Waals surface area contributed by atoms with Crippen LogP contribution in [0.2, 0.25) is 0 Å². The molecule has 9 heteroatoms. The fourth-order valence-electron chi connectivity index (χ4n) is 3.29. The van der Waals surface area contributed by atoms with Gasteiger partial charge in [0, 0.05) is 17.7 Å². The fraction of sp³-hybridized carbons (Fsp3) is 0.130. The summed E-state index contributed by atoms with van der Waals surface area (Å²) in [4.78, 5) is 23.2. The lowest BCUT2D eigenvalue weighted by Crippen LogP contribution is -2.47. The summed E-state index contributed by atoms with van der Waals surface area (Å²) < 4.78 is 40.0. The highest BCUT2D eigenvalue weighted by molar-refractivity contribution is 5.95. The van der Waals surface area contributed by atoms with Crippen LogP contribution in [0.1, 0.15) is 43.0 Å². The first-order chi connectivity index (χ1) is 15.1. The first-order valence-corrected chi connectivity index (χ1v) is 9.54. The van der Waals surface area contributed by atoms with Crippen LogP contribution in [0.4, 0.5) is 24.5 Å². The number of halogens is 3. The molecule has 0 aliphatic carbocycles. The molecule has 32 heavy (non-hydrogen) atoms. The Bertz CT molecular complexity index is 1180. The lowest BCUT2D eigenvalue weighted by atomic mass is 9.97. The van der Waals surface area contributed by atoms with E-state index in [1.54, 1.807) is 24.3 Å². The molecule has 3 aromatic carbocycles. The summed E-state index contributed by atoms with van der Waals surface area (Å²) >= 11 is 0. The maximum absolute atomic E-state index is 13.3. The highest BCUT2D eigenvalue weighted by Crippen LogP contribution is 2.35. The molecule has 0 atom stereocenters. The number of nitrogens with one attached hydrogen (secondary N) is 1. The average molecular weight is 445 g/mol. The van der Waals surface area contributed by atoms with Gasteiger partial charge in [-0.1, -0.05) is 30.3 Å². The predicted molar refractivity (Wildman–Crippen MR) is 111 cm³/mol. The van der Waals surface area contributed by atoms with Crippen molar-refractivity contribution in [2.45, 2.75) is 19.1 Å². The molecule has 0 saturated heterocycles. The second kappa shape index (κ2) is 9.11. The fourth-order valence-corrected chi connectivity index (χ4v) is 3.29. The molecule has 0 heterocycles. The molecule has 0 bridgehead atoms. The molecular formula is C23H20F3N2O4+. The lowest BCUT2D eigenvalue weighted by molar-refractivity contribution is -0.386. The Morgan fingerprint density at radius 3 is 2.16 bits per heavy atom. The summed E-state index contributed by atoms with van der Waals surface area (Å²) in [7, 11) is 0. The lowest BCUT2D eigenvalue weighted by Gasteiger charge is -2.17. The normalized spacial score (nSPS) is 11.2. The topological polar surface area (TPSA) is 114 Å². The highest BCUT2D eigenvalue weighted by Gasteiger charge is 2.31. The Morgan fingerprint density at radius 1 is 0.844 bits per heavy atom. The van der Waals surface area contributed by atoms with Gasteiger partial charge in [0.05, 0.1) is 28.9 Å². The van der Waals surface area contributed by atoms with Gasteiger partial charge in [0.1, 0.15) is 0 Å². The summed E-state index contributed by atoms with van der Waals surface area (Å²) in [6.07, 6.45) is -4.58. The Balaban J connectivity index is 2.10. The van der Waals surface area contributed by atoms with E-state index >= 15 is 0 Å². The quantitative estimate of drug-likeness (QED) is 0.436. The first kappa shape index (κ1) is 22.8. The summed E-state index contributed by atoms with van der Waals surface area (Å²) in [5.41, 5.74) is 4.31. The van der Waals surface area contributed by atoms with Gasteiger partial charge in [-0.3, -0.25) is 0 Å². The third kappa shape index (κ3) is 5.06. The van der Waals surface area contributed by atoms with Crippen molar-refractivity contribution in [3.05, 3.63) is 94.0 Å². The van der Waals surface area contributed by atoms with Crippen LogP contribution in [0.5, 0.6) is 0 Å². The van der Waals surface area contributed by atoms with Gasteiger partial charge in [-0.25, -0.2) is 9.59 Å². The van der Waals surface area contributed by atoms with E-state index in [0.29, 0.717) is 23.2 Å². The summed E-state index contributed by atoms with van der Waals surface area (Å²) in [6.45, 7) is 0.349. The van der Waals surface area contributed by atoms with Crippen LogP contribution in [-0.2, 0) is 19.1 Å². The number of carbonyl (C=O) groups is 2. The second-order valence-corrected chi connectivity index (χ2v) is 7.07. The first-order valence-electron chi connectivity index (χ1n) is 9.54. The van der Waals surface area contributed by atoms with Crippen molar-refractivity contribution in [3.63, 3.8) is 0 Å². The van der Waals surface area contributed by atoms with Crippen molar-refractivity contribution < 1.29 is 38.7 Å². The van der Waals surface area contributed by atoms with Gasteiger partial charge in [0.15, 0.2) is 0 Å². The van der Waals surface area contributed by atoms with Crippen LogP contribution in [0, 0.1) is 0 Å². The van der Waals surface area contributed by atoms with Gasteiger partial charge in [-0.15, -0.1) is 0 Å². The Kier molecular flexibility index (Phi) is 6.50. The number of rotatable bonds is 7. The number of anilines is 2. The van der Waals surface area contributed by atoms with Crippen molar-refractivity contribution >= 4 is 23.3 Å². The second-order valence-electron chi connectivity index (χ2n) is 7.07. The van der Waals surface area contributed by atoms with Gasteiger partial charge in [0.25, 0.3) is 0 Å². The average Bonchev–Trinajstić information content (AvgIpc) is 2.74. The zero-order valence-corrected chi connectivity index (χ0v) is 16.7. The molecule has 0 aromatic heterocycles. The van der Waals surface area contributed by atoms with Crippen molar-refractivity contribution in [2.75, 3.05) is 5.32 Å². The molecular weight excluding hydrogens is 425 g/mol. The number of aromatic carboxylic acids is 2. The van der Waals surface area contributed by atoms with Gasteiger partial charge in [-0.2, -0.15) is 13.2 Å². The molecule has 0 aliphatic rings. The van der Waals surface area contributed by atoms with E-state index in [4.69, 9.17) is 0 Å². The van der Waals surface area contributed by atoms with Crippen molar-refractivity contribution in [1.29, 1.82) is 0 Å². The molecule has 0 unspecified atom stereocenters. The number of alkyl halides is 3. The highest BCUT2D eigenvalue weighted by atomic mass is 19.4. The van der Waals surface area contributed by atoms with E-state index in [9.17, 15) is 33.0 Å². The monoisotopic (exact) mass is 445 g/mol. The smallest absolute Gasteiger partial charge is 0.416 e. The van der Waals surface area contributed by atoms with Crippen LogP contribution in [0.25, 0.3) is 0 Å². The number of carboxylic acids is 2. The van der Waals surface area contributed by atoms with Crippen LogP contribution < -0.4 is 11.1 Å². The van der Waals surface area contributed by atoms with E-state index in [1.165, 1.54) is 24.3 Å². The predicted octanol–water partition coefficient (Wildman–Crippen LogP) is 4.18. The molecule has 166 valence electrons. The number of benzene rings is 3. The Morgan fingerprint density at radius 2 is 1.53 bits per heavy atom. The SMILES string of the molecule is [NH3+]Cc1ccc(Nc2cc(C(F)(F)F)ccc2Cc2ccccc2C(=O)O)c(C(=O)O)c1. The van der Waals surface area contributed by atoms with Gasteiger partial charge in [0.2, 0.25) is 0 Å². The number of hydrogen-bond acceptors (Lipinski definition) is 3. The van der Waals surface area contributed by atoms with E-state index in [1.807, 2.05) is 0 Å².